The number of benzene rings is 3. The highest BCUT2D eigenvalue weighted by Crippen LogP contribution is 2.46. The SMILES string of the molecule is CCC1(COCCCCCCOc2ccc(C(=O)Oc3ccc4c(c3)C(C)c3cc(C#N)ccc3-4)cc2)COC1. The van der Waals surface area contributed by atoms with Gasteiger partial charge in [0.1, 0.15) is 11.5 Å². The van der Waals surface area contributed by atoms with E-state index in [0.29, 0.717) is 23.5 Å². The molecule has 1 atom stereocenters. The quantitative estimate of drug-likeness (QED) is 0.129. The lowest BCUT2D eigenvalue weighted by Crippen LogP contribution is -2.45. The molecule has 6 nitrogen and oxygen atoms in total. The summed E-state index contributed by atoms with van der Waals surface area (Å²) in [7, 11) is 0. The van der Waals surface area contributed by atoms with Crippen molar-refractivity contribution in [2.45, 2.75) is 51.9 Å². The van der Waals surface area contributed by atoms with Crippen molar-refractivity contribution >= 4 is 5.97 Å². The average molecular weight is 540 g/mol. The molecule has 0 amide bonds. The summed E-state index contributed by atoms with van der Waals surface area (Å²) in [5.41, 5.74) is 5.86. The Morgan fingerprint density at radius 3 is 2.27 bits per heavy atom. The molecule has 0 saturated carbocycles. The predicted octanol–water partition coefficient (Wildman–Crippen LogP) is 7.29. The van der Waals surface area contributed by atoms with E-state index in [4.69, 9.17) is 18.9 Å². The summed E-state index contributed by atoms with van der Waals surface area (Å²) >= 11 is 0. The molecule has 1 fully saturated rings. The van der Waals surface area contributed by atoms with Crippen molar-refractivity contribution in [1.82, 2.24) is 0 Å². The lowest BCUT2D eigenvalue weighted by atomic mass is 9.84. The Hall–Kier alpha value is -3.66. The zero-order valence-electron chi connectivity index (χ0n) is 23.4. The monoisotopic (exact) mass is 539 g/mol. The van der Waals surface area contributed by atoms with E-state index in [0.717, 1.165) is 86.5 Å². The van der Waals surface area contributed by atoms with Crippen molar-refractivity contribution in [1.29, 1.82) is 5.26 Å². The molecule has 0 N–H and O–H groups in total. The molecular formula is C34H37NO5. The Bertz CT molecular complexity index is 1360. The van der Waals surface area contributed by atoms with E-state index in [1.807, 2.05) is 48.5 Å². The van der Waals surface area contributed by atoms with Crippen LogP contribution in [-0.2, 0) is 9.47 Å². The summed E-state index contributed by atoms with van der Waals surface area (Å²) in [5.74, 6) is 0.978. The zero-order valence-corrected chi connectivity index (χ0v) is 23.4. The van der Waals surface area contributed by atoms with Crippen molar-refractivity contribution in [3.8, 4) is 28.7 Å². The number of hydrogen-bond donors (Lipinski definition) is 0. The van der Waals surface area contributed by atoms with E-state index in [1.54, 1.807) is 12.1 Å². The molecule has 0 bridgehead atoms. The summed E-state index contributed by atoms with van der Waals surface area (Å²) in [6.07, 6.45) is 5.38. The fourth-order valence-electron chi connectivity index (χ4n) is 5.38. The molecule has 1 aliphatic carbocycles. The molecule has 1 aliphatic heterocycles. The molecule has 208 valence electrons. The van der Waals surface area contributed by atoms with Crippen molar-refractivity contribution < 1.29 is 23.7 Å². The molecule has 0 aromatic heterocycles. The summed E-state index contributed by atoms with van der Waals surface area (Å²) < 4.78 is 22.8. The normalized spacial score (nSPS) is 16.4. The number of carbonyl (C=O) groups excluding carboxylic acids is 1. The highest BCUT2D eigenvalue weighted by atomic mass is 16.5. The van der Waals surface area contributed by atoms with Crippen LogP contribution in [0, 0.1) is 16.7 Å². The van der Waals surface area contributed by atoms with Gasteiger partial charge < -0.3 is 18.9 Å². The fourth-order valence-corrected chi connectivity index (χ4v) is 5.38. The first-order chi connectivity index (χ1) is 19.5. The molecule has 0 radical (unpaired) electrons. The fraction of sp³-hybridized carbons (Fsp3) is 0.412. The number of hydrogen-bond acceptors (Lipinski definition) is 6. The van der Waals surface area contributed by atoms with Crippen LogP contribution in [-0.4, -0.2) is 39.0 Å². The lowest BCUT2D eigenvalue weighted by Gasteiger charge is -2.40. The molecule has 0 spiro atoms. The highest BCUT2D eigenvalue weighted by molar-refractivity contribution is 5.91. The van der Waals surface area contributed by atoms with Crippen LogP contribution in [0.1, 0.15) is 78.9 Å². The Morgan fingerprint density at radius 1 is 0.925 bits per heavy atom. The van der Waals surface area contributed by atoms with Gasteiger partial charge in [0.15, 0.2) is 0 Å². The molecule has 2 aliphatic rings. The van der Waals surface area contributed by atoms with Gasteiger partial charge >= 0.3 is 5.97 Å². The van der Waals surface area contributed by atoms with Gasteiger partial charge in [-0.15, -0.1) is 0 Å². The second kappa shape index (κ2) is 12.7. The summed E-state index contributed by atoms with van der Waals surface area (Å²) in [6.45, 7) is 8.24. The Kier molecular flexibility index (Phi) is 8.84. The third kappa shape index (κ3) is 6.22. The Morgan fingerprint density at radius 2 is 1.60 bits per heavy atom. The van der Waals surface area contributed by atoms with Crippen LogP contribution in [0.5, 0.6) is 11.5 Å². The first kappa shape index (κ1) is 27.9. The maximum atomic E-state index is 12.8. The second-order valence-electron chi connectivity index (χ2n) is 11.0. The van der Waals surface area contributed by atoms with Gasteiger partial charge in [-0.05, 0) is 96.5 Å². The molecule has 1 unspecified atom stereocenters. The van der Waals surface area contributed by atoms with E-state index >= 15 is 0 Å². The van der Waals surface area contributed by atoms with Crippen LogP contribution in [0.4, 0.5) is 0 Å². The Balaban J connectivity index is 1.03. The van der Waals surface area contributed by atoms with Crippen molar-refractivity contribution in [3.05, 3.63) is 82.9 Å². The smallest absolute Gasteiger partial charge is 0.343 e. The number of nitrogens with zero attached hydrogens (tertiary/aromatic N) is 1. The van der Waals surface area contributed by atoms with Crippen molar-refractivity contribution in [3.63, 3.8) is 0 Å². The largest absolute Gasteiger partial charge is 0.494 e. The summed E-state index contributed by atoms with van der Waals surface area (Å²) in [6, 6.07) is 20.8. The minimum Gasteiger partial charge on any atom is -0.494 e. The highest BCUT2D eigenvalue weighted by Gasteiger charge is 2.36. The van der Waals surface area contributed by atoms with Gasteiger partial charge in [0, 0.05) is 17.9 Å². The van der Waals surface area contributed by atoms with E-state index in [-0.39, 0.29) is 11.3 Å². The van der Waals surface area contributed by atoms with Gasteiger partial charge in [-0.1, -0.05) is 32.4 Å². The molecule has 1 saturated heterocycles. The molecule has 40 heavy (non-hydrogen) atoms. The maximum Gasteiger partial charge on any atom is 0.343 e. The van der Waals surface area contributed by atoms with E-state index in [1.165, 1.54) is 0 Å². The van der Waals surface area contributed by atoms with Crippen LogP contribution in [0.2, 0.25) is 0 Å². The van der Waals surface area contributed by atoms with E-state index < -0.39 is 5.97 Å². The van der Waals surface area contributed by atoms with E-state index in [9.17, 15) is 10.1 Å². The van der Waals surface area contributed by atoms with Crippen LogP contribution >= 0.6 is 0 Å². The number of nitriles is 1. The summed E-state index contributed by atoms with van der Waals surface area (Å²) in [5, 5.41) is 9.25. The molecule has 3 aromatic carbocycles. The summed E-state index contributed by atoms with van der Waals surface area (Å²) in [4.78, 5) is 12.8. The second-order valence-corrected chi connectivity index (χ2v) is 11.0. The van der Waals surface area contributed by atoms with Crippen LogP contribution in [0.25, 0.3) is 11.1 Å². The Labute approximate surface area is 236 Å². The topological polar surface area (TPSA) is 77.8 Å². The number of unbranched alkanes of at least 4 members (excludes halogenated alkanes) is 3. The van der Waals surface area contributed by atoms with Gasteiger partial charge in [-0.3, -0.25) is 0 Å². The van der Waals surface area contributed by atoms with Crippen molar-refractivity contribution in [2.75, 3.05) is 33.0 Å². The third-order valence-corrected chi connectivity index (χ3v) is 8.15. The van der Waals surface area contributed by atoms with Crippen LogP contribution in [0.15, 0.2) is 60.7 Å². The van der Waals surface area contributed by atoms with E-state index in [2.05, 4.69) is 19.9 Å². The third-order valence-electron chi connectivity index (χ3n) is 8.15. The lowest BCUT2D eigenvalue weighted by molar-refractivity contribution is -0.150. The van der Waals surface area contributed by atoms with Crippen LogP contribution < -0.4 is 9.47 Å². The predicted molar refractivity (Wildman–Crippen MR) is 154 cm³/mol. The average Bonchev–Trinajstić information content (AvgIpc) is 3.24. The first-order valence-corrected chi connectivity index (χ1v) is 14.3. The molecule has 6 heteroatoms. The number of carbonyl (C=O) groups is 1. The van der Waals surface area contributed by atoms with Gasteiger partial charge in [-0.2, -0.15) is 5.26 Å². The molecular weight excluding hydrogens is 502 g/mol. The minimum atomic E-state index is -0.404. The minimum absolute atomic E-state index is 0.127. The molecule has 5 rings (SSSR count). The number of fused-ring (bicyclic) bond motifs is 3. The van der Waals surface area contributed by atoms with Gasteiger partial charge in [-0.25, -0.2) is 4.79 Å². The zero-order chi connectivity index (χ0) is 28.0. The number of ether oxygens (including phenoxy) is 4. The van der Waals surface area contributed by atoms with Crippen molar-refractivity contribution in [2.24, 2.45) is 5.41 Å². The molecule has 1 heterocycles. The molecule has 3 aromatic rings. The van der Waals surface area contributed by atoms with Gasteiger partial charge in [0.05, 0.1) is 43.6 Å². The van der Waals surface area contributed by atoms with Gasteiger partial charge in [0.25, 0.3) is 0 Å². The number of rotatable bonds is 13. The number of esters is 1. The van der Waals surface area contributed by atoms with Gasteiger partial charge in [0.2, 0.25) is 0 Å². The first-order valence-electron chi connectivity index (χ1n) is 14.3. The standard InChI is InChI=1S/C34H37NO5/c1-3-34(22-38-23-34)21-37-16-6-4-5-7-17-39-27-11-9-26(10-12-27)33(36)40-28-13-15-30-29-14-8-25(20-35)18-31(29)24(2)32(30)19-28/h8-15,18-19,24H,3-7,16-17,21-23H2,1-2H3. The maximum absolute atomic E-state index is 12.8. The van der Waals surface area contributed by atoms with Crippen LogP contribution in [0.3, 0.4) is 0 Å².